The molecule has 0 aliphatic carbocycles. The Bertz CT molecular complexity index is 1030. The van der Waals surface area contributed by atoms with Crippen LogP contribution in [0.3, 0.4) is 0 Å². The Kier molecular flexibility index (Phi) is 7.47. The number of nitrogens with zero attached hydrogens (tertiary/aromatic N) is 1. The first-order valence-electron chi connectivity index (χ1n) is 11.7. The van der Waals surface area contributed by atoms with Gasteiger partial charge in [0, 0.05) is 37.5 Å². The average molecular weight is 466 g/mol. The number of ether oxygens (including phenoxy) is 2. The topological polar surface area (TPSA) is 97.0 Å². The lowest BCUT2D eigenvalue weighted by Crippen LogP contribution is -2.37. The van der Waals surface area contributed by atoms with Crippen LogP contribution < -0.4 is 20.3 Å². The van der Waals surface area contributed by atoms with Crippen LogP contribution in [0.1, 0.15) is 30.4 Å². The summed E-state index contributed by atoms with van der Waals surface area (Å²) in [4.78, 5) is 38.8. The lowest BCUT2D eigenvalue weighted by molar-refractivity contribution is -0.126. The zero-order valence-electron chi connectivity index (χ0n) is 19.6. The van der Waals surface area contributed by atoms with E-state index in [-0.39, 0.29) is 42.8 Å². The van der Waals surface area contributed by atoms with Crippen LogP contribution in [0, 0.1) is 19.8 Å². The second-order valence-electron chi connectivity index (χ2n) is 8.99. The predicted molar refractivity (Wildman–Crippen MR) is 129 cm³/mol. The van der Waals surface area contributed by atoms with Crippen molar-refractivity contribution in [2.45, 2.75) is 39.2 Å². The fourth-order valence-electron chi connectivity index (χ4n) is 4.41. The molecule has 0 radical (unpaired) electrons. The van der Waals surface area contributed by atoms with Gasteiger partial charge in [-0.15, -0.1) is 0 Å². The maximum absolute atomic E-state index is 12.5. The minimum absolute atomic E-state index is 0.0766. The molecule has 2 aromatic rings. The quantitative estimate of drug-likeness (QED) is 0.625. The number of nitrogens with one attached hydrogen (secondary N) is 2. The van der Waals surface area contributed by atoms with E-state index in [9.17, 15) is 14.4 Å². The second kappa shape index (κ2) is 10.7. The first kappa shape index (κ1) is 23.8. The number of hydrogen-bond acceptors (Lipinski definition) is 5. The lowest BCUT2D eigenvalue weighted by atomic mass is 10.1. The summed E-state index contributed by atoms with van der Waals surface area (Å²) in [6.07, 6.45) is 2.24. The molecular formula is C26H31N3O5. The summed E-state index contributed by atoms with van der Waals surface area (Å²) in [6.45, 7) is 5.41. The summed E-state index contributed by atoms with van der Waals surface area (Å²) < 4.78 is 11.1. The lowest BCUT2D eigenvalue weighted by Gasteiger charge is -2.18. The molecule has 8 heteroatoms. The Hall–Kier alpha value is -3.39. The van der Waals surface area contributed by atoms with Gasteiger partial charge in [0.25, 0.3) is 5.91 Å². The van der Waals surface area contributed by atoms with E-state index >= 15 is 0 Å². The van der Waals surface area contributed by atoms with Gasteiger partial charge >= 0.3 is 0 Å². The molecule has 0 aromatic heterocycles. The SMILES string of the molecule is Cc1cc(C)cc(NC(=O)COc2ccc(N3C[C@@H](C(=O)NC[C@H]4CCCO4)CC3=O)cc2)c1. The summed E-state index contributed by atoms with van der Waals surface area (Å²) in [7, 11) is 0. The van der Waals surface area contributed by atoms with Gasteiger partial charge in [-0.2, -0.15) is 0 Å². The Morgan fingerprint density at radius 2 is 1.85 bits per heavy atom. The minimum Gasteiger partial charge on any atom is -0.484 e. The summed E-state index contributed by atoms with van der Waals surface area (Å²) in [6, 6.07) is 12.8. The van der Waals surface area contributed by atoms with E-state index in [1.54, 1.807) is 29.2 Å². The van der Waals surface area contributed by atoms with Gasteiger partial charge in [0.15, 0.2) is 6.61 Å². The molecule has 34 heavy (non-hydrogen) atoms. The third-order valence-corrected chi connectivity index (χ3v) is 6.05. The smallest absolute Gasteiger partial charge is 0.262 e. The molecule has 2 saturated heterocycles. The zero-order valence-corrected chi connectivity index (χ0v) is 19.6. The van der Waals surface area contributed by atoms with Crippen molar-refractivity contribution in [2.24, 2.45) is 5.92 Å². The van der Waals surface area contributed by atoms with Crippen molar-refractivity contribution in [3.8, 4) is 5.75 Å². The highest BCUT2D eigenvalue weighted by Crippen LogP contribution is 2.27. The Balaban J connectivity index is 1.26. The maximum Gasteiger partial charge on any atom is 0.262 e. The van der Waals surface area contributed by atoms with Crippen LogP contribution in [0.5, 0.6) is 5.75 Å². The number of carbonyl (C=O) groups is 3. The van der Waals surface area contributed by atoms with E-state index in [1.165, 1.54) is 0 Å². The van der Waals surface area contributed by atoms with E-state index in [2.05, 4.69) is 10.6 Å². The molecule has 2 aromatic carbocycles. The molecule has 8 nitrogen and oxygen atoms in total. The van der Waals surface area contributed by atoms with Crippen LogP contribution in [0.15, 0.2) is 42.5 Å². The number of aryl methyl sites for hydroxylation is 2. The normalized spacial score (nSPS) is 19.8. The van der Waals surface area contributed by atoms with Crippen LogP contribution in [-0.4, -0.2) is 50.1 Å². The maximum atomic E-state index is 12.5. The van der Waals surface area contributed by atoms with Gasteiger partial charge in [0.2, 0.25) is 11.8 Å². The summed E-state index contributed by atoms with van der Waals surface area (Å²) in [5.41, 5.74) is 3.59. The van der Waals surface area contributed by atoms with Gasteiger partial charge in [-0.1, -0.05) is 6.07 Å². The van der Waals surface area contributed by atoms with Gasteiger partial charge in [-0.25, -0.2) is 0 Å². The molecule has 0 spiro atoms. The monoisotopic (exact) mass is 465 g/mol. The average Bonchev–Trinajstić information content (AvgIpc) is 3.45. The van der Waals surface area contributed by atoms with Crippen LogP contribution in [0.4, 0.5) is 11.4 Å². The van der Waals surface area contributed by atoms with Gasteiger partial charge in [-0.3, -0.25) is 14.4 Å². The fourth-order valence-corrected chi connectivity index (χ4v) is 4.41. The second-order valence-corrected chi connectivity index (χ2v) is 8.99. The Morgan fingerprint density at radius 1 is 1.12 bits per heavy atom. The molecule has 2 N–H and O–H groups in total. The molecule has 2 fully saturated rings. The van der Waals surface area contributed by atoms with Crippen molar-refractivity contribution < 1.29 is 23.9 Å². The summed E-state index contributed by atoms with van der Waals surface area (Å²) >= 11 is 0. The number of anilines is 2. The van der Waals surface area contributed by atoms with Crippen LogP contribution in [-0.2, 0) is 19.1 Å². The van der Waals surface area contributed by atoms with E-state index in [0.29, 0.717) is 24.5 Å². The van der Waals surface area contributed by atoms with Gasteiger partial charge in [0.05, 0.1) is 12.0 Å². The molecule has 0 bridgehead atoms. The van der Waals surface area contributed by atoms with Crippen molar-refractivity contribution in [1.82, 2.24) is 5.32 Å². The molecule has 0 saturated carbocycles. The van der Waals surface area contributed by atoms with E-state index < -0.39 is 0 Å². The summed E-state index contributed by atoms with van der Waals surface area (Å²) in [5.74, 6) is -0.295. The molecule has 2 aliphatic rings. The molecule has 180 valence electrons. The highest BCUT2D eigenvalue weighted by molar-refractivity contribution is 6.00. The van der Waals surface area contributed by atoms with E-state index in [1.807, 2.05) is 32.0 Å². The summed E-state index contributed by atoms with van der Waals surface area (Å²) in [5, 5.41) is 5.75. The Labute approximate surface area is 199 Å². The van der Waals surface area contributed by atoms with Crippen molar-refractivity contribution in [3.63, 3.8) is 0 Å². The first-order chi connectivity index (χ1) is 16.4. The predicted octanol–water partition coefficient (Wildman–Crippen LogP) is 2.97. The highest BCUT2D eigenvalue weighted by atomic mass is 16.5. The molecule has 2 heterocycles. The molecule has 3 amide bonds. The Morgan fingerprint density at radius 3 is 2.53 bits per heavy atom. The number of hydrogen-bond donors (Lipinski definition) is 2. The standard InChI is InChI=1S/C26H31N3O5/c1-17-10-18(2)12-20(11-17)28-24(30)16-34-22-7-5-21(6-8-22)29-15-19(13-25(29)31)26(32)27-14-23-4-3-9-33-23/h5-8,10-12,19,23H,3-4,9,13-16H2,1-2H3,(H,27,32)(H,28,30)/t19-,23+/m0/s1. The zero-order chi connectivity index (χ0) is 24.1. The number of benzene rings is 2. The van der Waals surface area contributed by atoms with Crippen LogP contribution in [0.2, 0.25) is 0 Å². The van der Waals surface area contributed by atoms with Crippen LogP contribution in [0.25, 0.3) is 0 Å². The van der Waals surface area contributed by atoms with Gasteiger partial charge in [0.1, 0.15) is 5.75 Å². The first-order valence-corrected chi connectivity index (χ1v) is 11.7. The van der Waals surface area contributed by atoms with Crippen molar-refractivity contribution in [3.05, 3.63) is 53.6 Å². The van der Waals surface area contributed by atoms with Crippen molar-refractivity contribution in [1.29, 1.82) is 0 Å². The molecule has 0 unspecified atom stereocenters. The molecule has 2 aliphatic heterocycles. The minimum atomic E-state index is -0.376. The number of carbonyl (C=O) groups excluding carboxylic acids is 3. The molecule has 2 atom stereocenters. The molecular weight excluding hydrogens is 434 g/mol. The number of rotatable bonds is 8. The molecule has 4 rings (SSSR count). The van der Waals surface area contributed by atoms with E-state index in [0.717, 1.165) is 36.3 Å². The fraction of sp³-hybridized carbons (Fsp3) is 0.423. The number of amides is 3. The third-order valence-electron chi connectivity index (χ3n) is 6.05. The van der Waals surface area contributed by atoms with Crippen molar-refractivity contribution in [2.75, 3.05) is 36.5 Å². The van der Waals surface area contributed by atoms with Crippen LogP contribution >= 0.6 is 0 Å². The van der Waals surface area contributed by atoms with E-state index in [4.69, 9.17) is 9.47 Å². The van der Waals surface area contributed by atoms with Gasteiger partial charge < -0.3 is 25.0 Å². The van der Waals surface area contributed by atoms with Gasteiger partial charge in [-0.05, 0) is 74.2 Å². The van der Waals surface area contributed by atoms with Crippen molar-refractivity contribution >= 4 is 29.1 Å². The third kappa shape index (κ3) is 6.14. The highest BCUT2D eigenvalue weighted by Gasteiger charge is 2.35. The largest absolute Gasteiger partial charge is 0.484 e.